The van der Waals surface area contributed by atoms with Gasteiger partial charge < -0.3 is 10.6 Å². The molecule has 0 spiro atoms. The van der Waals surface area contributed by atoms with Crippen LogP contribution in [0.5, 0.6) is 0 Å². The summed E-state index contributed by atoms with van der Waals surface area (Å²) in [5.41, 5.74) is -1.90. The summed E-state index contributed by atoms with van der Waals surface area (Å²) in [6, 6.07) is 3.70. The van der Waals surface area contributed by atoms with E-state index in [0.717, 1.165) is 18.9 Å². The topological polar surface area (TPSA) is 41.1 Å². The van der Waals surface area contributed by atoms with E-state index in [4.69, 9.17) is 0 Å². The zero-order valence-electron chi connectivity index (χ0n) is 11.5. The number of rotatable bonds is 2. The molecule has 1 aliphatic heterocycles. The summed E-state index contributed by atoms with van der Waals surface area (Å²) in [5.74, 6) is -0.435. The quantitative estimate of drug-likeness (QED) is 0.834. The van der Waals surface area contributed by atoms with E-state index in [1.54, 1.807) is 6.92 Å². The molecular formula is C14H16BrF3N2O. The molecule has 21 heavy (non-hydrogen) atoms. The number of benzene rings is 1. The highest BCUT2D eigenvalue weighted by molar-refractivity contribution is 9.10. The Morgan fingerprint density at radius 3 is 2.67 bits per heavy atom. The van der Waals surface area contributed by atoms with Crippen molar-refractivity contribution in [3.05, 3.63) is 28.2 Å². The first kappa shape index (κ1) is 16.3. The van der Waals surface area contributed by atoms with Crippen LogP contribution in [0.1, 0.15) is 31.7 Å². The van der Waals surface area contributed by atoms with E-state index < -0.39 is 23.2 Å². The van der Waals surface area contributed by atoms with Gasteiger partial charge in [-0.25, -0.2) is 0 Å². The van der Waals surface area contributed by atoms with Gasteiger partial charge in [-0.3, -0.25) is 4.79 Å². The summed E-state index contributed by atoms with van der Waals surface area (Å²) in [6.45, 7) is 2.41. The first-order valence-electron chi connectivity index (χ1n) is 6.66. The van der Waals surface area contributed by atoms with Gasteiger partial charge in [0.05, 0.1) is 16.8 Å². The maximum atomic E-state index is 13.0. The predicted molar refractivity (Wildman–Crippen MR) is 78.0 cm³/mol. The number of carbonyl (C=O) groups excluding carboxylic acids is 1. The summed E-state index contributed by atoms with van der Waals surface area (Å²) in [7, 11) is 0. The number of anilines is 1. The zero-order chi connectivity index (χ0) is 15.7. The molecule has 7 heteroatoms. The summed E-state index contributed by atoms with van der Waals surface area (Å²) in [4.78, 5) is 12.3. The van der Waals surface area contributed by atoms with Crippen molar-refractivity contribution in [1.82, 2.24) is 5.32 Å². The van der Waals surface area contributed by atoms with Crippen LogP contribution in [0, 0.1) is 0 Å². The van der Waals surface area contributed by atoms with Crippen molar-refractivity contribution >= 4 is 27.5 Å². The van der Waals surface area contributed by atoms with E-state index in [9.17, 15) is 18.0 Å². The fourth-order valence-electron chi connectivity index (χ4n) is 2.37. The van der Waals surface area contributed by atoms with Crippen LogP contribution >= 0.6 is 15.9 Å². The van der Waals surface area contributed by atoms with Crippen molar-refractivity contribution < 1.29 is 18.0 Å². The Hall–Kier alpha value is -1.08. The molecule has 1 heterocycles. The van der Waals surface area contributed by atoms with Crippen LogP contribution in [0.2, 0.25) is 0 Å². The minimum absolute atomic E-state index is 0.218. The molecule has 0 saturated carbocycles. The van der Waals surface area contributed by atoms with E-state index in [1.807, 2.05) is 0 Å². The highest BCUT2D eigenvalue weighted by Crippen LogP contribution is 2.37. The lowest BCUT2D eigenvalue weighted by Gasteiger charge is -2.33. The molecule has 116 valence electrons. The lowest BCUT2D eigenvalue weighted by Crippen LogP contribution is -2.54. The summed E-state index contributed by atoms with van der Waals surface area (Å²) in [6.07, 6.45) is -2.07. The van der Waals surface area contributed by atoms with Crippen molar-refractivity contribution in [2.24, 2.45) is 0 Å². The van der Waals surface area contributed by atoms with Crippen LogP contribution in [0.4, 0.5) is 18.9 Å². The Morgan fingerprint density at radius 2 is 2.10 bits per heavy atom. The van der Waals surface area contributed by atoms with Gasteiger partial charge in [0.1, 0.15) is 0 Å². The first-order valence-corrected chi connectivity index (χ1v) is 7.45. The van der Waals surface area contributed by atoms with Gasteiger partial charge >= 0.3 is 6.18 Å². The van der Waals surface area contributed by atoms with Crippen LogP contribution in [-0.2, 0) is 11.0 Å². The van der Waals surface area contributed by atoms with Crippen LogP contribution in [-0.4, -0.2) is 18.0 Å². The fourth-order valence-corrected chi connectivity index (χ4v) is 2.73. The van der Waals surface area contributed by atoms with Crippen LogP contribution in [0.25, 0.3) is 0 Å². The molecule has 0 radical (unpaired) electrons. The standard InChI is InChI=1S/C14H16BrF3N2O/c1-13(6-2-3-7-19-13)12(21)20-11-5-4-9(15)8-10(11)14(16,17)18/h4-5,8,19H,2-3,6-7H2,1H3,(H,20,21). The highest BCUT2D eigenvalue weighted by atomic mass is 79.9. The van der Waals surface area contributed by atoms with E-state index in [2.05, 4.69) is 26.6 Å². The number of hydrogen-bond donors (Lipinski definition) is 2. The SMILES string of the molecule is CC1(C(=O)Nc2ccc(Br)cc2C(F)(F)F)CCCCN1. The number of nitrogens with one attached hydrogen (secondary N) is 2. The molecule has 2 rings (SSSR count). The Morgan fingerprint density at radius 1 is 1.38 bits per heavy atom. The fraction of sp³-hybridized carbons (Fsp3) is 0.500. The second kappa shape index (κ2) is 5.96. The summed E-state index contributed by atoms with van der Waals surface area (Å²) in [5, 5.41) is 5.49. The van der Waals surface area contributed by atoms with Crippen molar-refractivity contribution in [1.29, 1.82) is 0 Å². The predicted octanol–water partition coefficient (Wildman–Crippen LogP) is 3.94. The average molecular weight is 365 g/mol. The maximum Gasteiger partial charge on any atom is 0.418 e. The lowest BCUT2D eigenvalue weighted by atomic mass is 9.90. The third-order valence-corrected chi connectivity index (χ3v) is 4.15. The van der Waals surface area contributed by atoms with Gasteiger partial charge in [-0.05, 0) is 50.9 Å². The molecule has 1 aromatic rings. The van der Waals surface area contributed by atoms with Crippen LogP contribution in [0.15, 0.2) is 22.7 Å². The molecule has 1 fully saturated rings. The van der Waals surface area contributed by atoms with Gasteiger partial charge in [0.2, 0.25) is 5.91 Å². The number of halogens is 4. The molecule has 1 aromatic carbocycles. The summed E-state index contributed by atoms with van der Waals surface area (Å²) >= 11 is 3.02. The molecule has 3 nitrogen and oxygen atoms in total. The number of amides is 1. The van der Waals surface area contributed by atoms with Crippen molar-refractivity contribution in [3.8, 4) is 0 Å². The second-order valence-corrected chi connectivity index (χ2v) is 6.27. The minimum Gasteiger partial charge on any atom is -0.324 e. The van der Waals surface area contributed by atoms with Gasteiger partial charge in [-0.2, -0.15) is 13.2 Å². The minimum atomic E-state index is -4.52. The molecule has 1 unspecified atom stereocenters. The lowest BCUT2D eigenvalue weighted by molar-refractivity contribution is -0.137. The van der Waals surface area contributed by atoms with Gasteiger partial charge in [0.25, 0.3) is 0 Å². The third kappa shape index (κ3) is 3.77. The van der Waals surface area contributed by atoms with E-state index >= 15 is 0 Å². The van der Waals surface area contributed by atoms with Crippen molar-refractivity contribution in [2.75, 3.05) is 11.9 Å². The Bertz CT molecular complexity index is 540. The number of carbonyl (C=O) groups is 1. The highest BCUT2D eigenvalue weighted by Gasteiger charge is 2.38. The molecular weight excluding hydrogens is 349 g/mol. The Kier molecular flexibility index (Phi) is 4.63. The molecule has 0 bridgehead atoms. The Labute approximate surface area is 129 Å². The van der Waals surface area contributed by atoms with Gasteiger partial charge in [0, 0.05) is 4.47 Å². The number of alkyl halides is 3. The molecule has 1 amide bonds. The molecule has 0 aromatic heterocycles. The van der Waals surface area contributed by atoms with Gasteiger partial charge in [-0.15, -0.1) is 0 Å². The maximum absolute atomic E-state index is 13.0. The van der Waals surface area contributed by atoms with Crippen molar-refractivity contribution in [3.63, 3.8) is 0 Å². The average Bonchev–Trinajstić information content (AvgIpc) is 2.40. The molecule has 2 N–H and O–H groups in total. The normalized spacial score (nSPS) is 22.9. The van der Waals surface area contributed by atoms with Gasteiger partial charge in [-0.1, -0.05) is 15.9 Å². The number of hydrogen-bond acceptors (Lipinski definition) is 2. The van der Waals surface area contributed by atoms with Crippen LogP contribution < -0.4 is 10.6 Å². The smallest absolute Gasteiger partial charge is 0.324 e. The Balaban J connectivity index is 2.25. The number of piperidine rings is 1. The molecule has 1 atom stereocenters. The molecule has 0 aliphatic carbocycles. The monoisotopic (exact) mass is 364 g/mol. The van der Waals surface area contributed by atoms with Crippen LogP contribution in [0.3, 0.4) is 0 Å². The third-order valence-electron chi connectivity index (χ3n) is 3.66. The first-order chi connectivity index (χ1) is 9.72. The molecule has 1 saturated heterocycles. The van der Waals surface area contributed by atoms with E-state index in [-0.39, 0.29) is 5.69 Å². The second-order valence-electron chi connectivity index (χ2n) is 5.36. The van der Waals surface area contributed by atoms with Gasteiger partial charge in [0.15, 0.2) is 0 Å². The van der Waals surface area contributed by atoms with E-state index in [1.165, 1.54) is 12.1 Å². The van der Waals surface area contributed by atoms with E-state index in [0.29, 0.717) is 17.4 Å². The zero-order valence-corrected chi connectivity index (χ0v) is 13.1. The molecule has 1 aliphatic rings. The van der Waals surface area contributed by atoms with Crippen molar-refractivity contribution in [2.45, 2.75) is 37.9 Å². The largest absolute Gasteiger partial charge is 0.418 e. The summed E-state index contributed by atoms with van der Waals surface area (Å²) < 4.78 is 39.4.